The van der Waals surface area contributed by atoms with Crippen molar-refractivity contribution in [3.8, 4) is 5.75 Å². The first-order chi connectivity index (χ1) is 9.97. The van der Waals surface area contributed by atoms with Crippen molar-refractivity contribution in [3.05, 3.63) is 45.7 Å². The lowest BCUT2D eigenvalue weighted by atomic mass is 10.00. The molecule has 0 aliphatic heterocycles. The van der Waals surface area contributed by atoms with Crippen molar-refractivity contribution >= 4 is 11.6 Å². The van der Waals surface area contributed by atoms with Gasteiger partial charge in [0.1, 0.15) is 5.75 Å². The third-order valence-electron chi connectivity index (χ3n) is 3.68. The van der Waals surface area contributed by atoms with Crippen molar-refractivity contribution in [2.75, 3.05) is 7.11 Å². The molecule has 0 aliphatic carbocycles. The zero-order chi connectivity index (χ0) is 15.6. The minimum Gasteiger partial charge on any atom is -0.496 e. The number of rotatable bonds is 5. The summed E-state index contributed by atoms with van der Waals surface area (Å²) in [6.07, 6.45) is 0.665. The van der Waals surface area contributed by atoms with E-state index in [1.165, 1.54) is 0 Å². The molecule has 2 rings (SSSR count). The first-order valence-electron chi connectivity index (χ1n) is 6.76. The summed E-state index contributed by atoms with van der Waals surface area (Å²) in [5.41, 5.74) is 6.81. The molecule has 2 aromatic rings. The molecule has 0 radical (unpaired) electrons. The van der Waals surface area contributed by atoms with Gasteiger partial charge in [-0.2, -0.15) is 5.10 Å². The minimum absolute atomic E-state index is 0.0399. The van der Waals surface area contributed by atoms with Gasteiger partial charge in [-0.25, -0.2) is 0 Å². The van der Waals surface area contributed by atoms with Gasteiger partial charge in [-0.3, -0.25) is 16.0 Å². The number of aromatic nitrogens is 2. The summed E-state index contributed by atoms with van der Waals surface area (Å²) in [6.45, 7) is 3.91. The predicted octanol–water partition coefficient (Wildman–Crippen LogP) is 2.45. The van der Waals surface area contributed by atoms with E-state index in [1.54, 1.807) is 11.8 Å². The van der Waals surface area contributed by atoms with Gasteiger partial charge in [0.25, 0.3) is 0 Å². The van der Waals surface area contributed by atoms with Crippen LogP contribution in [0.15, 0.2) is 18.2 Å². The zero-order valence-electron chi connectivity index (χ0n) is 12.8. The fourth-order valence-corrected chi connectivity index (χ4v) is 2.72. The van der Waals surface area contributed by atoms with Crippen LogP contribution in [0.3, 0.4) is 0 Å². The van der Waals surface area contributed by atoms with Crippen LogP contribution in [0.2, 0.25) is 5.02 Å². The molecule has 1 aromatic heterocycles. The fourth-order valence-electron chi connectivity index (χ4n) is 2.49. The van der Waals surface area contributed by atoms with Gasteiger partial charge in [0.05, 0.1) is 29.6 Å². The standard InChI is InChI=1S/C15H21ClN4O/c1-9-7-11(5-6-14(9)21-4)12(18-17)8-13-15(16)10(2)19-20(13)3/h5-7,12,18H,8,17H2,1-4H3. The van der Waals surface area contributed by atoms with Crippen molar-refractivity contribution in [2.24, 2.45) is 12.9 Å². The second-order valence-electron chi connectivity index (χ2n) is 5.12. The molecule has 6 heteroatoms. The number of methoxy groups -OCH3 is 1. The number of hydrogen-bond donors (Lipinski definition) is 2. The highest BCUT2D eigenvalue weighted by atomic mass is 35.5. The highest BCUT2D eigenvalue weighted by Gasteiger charge is 2.18. The Balaban J connectivity index is 2.30. The number of benzene rings is 1. The maximum absolute atomic E-state index is 6.31. The monoisotopic (exact) mass is 308 g/mol. The van der Waals surface area contributed by atoms with E-state index in [1.807, 2.05) is 33.0 Å². The molecule has 0 saturated heterocycles. The van der Waals surface area contributed by atoms with Gasteiger partial charge in [0.15, 0.2) is 0 Å². The summed E-state index contributed by atoms with van der Waals surface area (Å²) in [5, 5.41) is 5.03. The lowest BCUT2D eigenvalue weighted by Gasteiger charge is -2.18. The van der Waals surface area contributed by atoms with Gasteiger partial charge < -0.3 is 4.74 Å². The minimum atomic E-state index is -0.0399. The average molecular weight is 309 g/mol. The van der Waals surface area contributed by atoms with E-state index < -0.39 is 0 Å². The molecule has 0 fully saturated rings. The molecule has 21 heavy (non-hydrogen) atoms. The van der Waals surface area contributed by atoms with E-state index in [-0.39, 0.29) is 6.04 Å². The maximum Gasteiger partial charge on any atom is 0.121 e. The highest BCUT2D eigenvalue weighted by molar-refractivity contribution is 6.31. The largest absolute Gasteiger partial charge is 0.496 e. The van der Waals surface area contributed by atoms with E-state index in [9.17, 15) is 0 Å². The Bertz CT molecular complexity index is 639. The van der Waals surface area contributed by atoms with Gasteiger partial charge >= 0.3 is 0 Å². The molecule has 0 amide bonds. The molecule has 0 saturated carbocycles. The predicted molar refractivity (Wildman–Crippen MR) is 84.5 cm³/mol. The van der Waals surface area contributed by atoms with Crippen LogP contribution >= 0.6 is 11.6 Å². The van der Waals surface area contributed by atoms with E-state index >= 15 is 0 Å². The summed E-state index contributed by atoms with van der Waals surface area (Å²) in [7, 11) is 3.56. The van der Waals surface area contributed by atoms with Crippen LogP contribution in [0, 0.1) is 13.8 Å². The third kappa shape index (κ3) is 3.20. The number of hydrazine groups is 1. The highest BCUT2D eigenvalue weighted by Crippen LogP contribution is 2.27. The van der Waals surface area contributed by atoms with E-state index in [0.29, 0.717) is 11.4 Å². The third-order valence-corrected chi connectivity index (χ3v) is 4.17. The van der Waals surface area contributed by atoms with Crippen molar-refractivity contribution in [1.82, 2.24) is 15.2 Å². The molecular formula is C15H21ClN4O. The summed E-state index contributed by atoms with van der Waals surface area (Å²) < 4.78 is 7.09. The molecule has 114 valence electrons. The molecule has 5 nitrogen and oxygen atoms in total. The zero-order valence-corrected chi connectivity index (χ0v) is 13.5. The Morgan fingerprint density at radius 2 is 2.14 bits per heavy atom. The summed E-state index contributed by atoms with van der Waals surface area (Å²) in [5.74, 6) is 6.59. The number of nitrogens with zero attached hydrogens (tertiary/aromatic N) is 2. The second-order valence-corrected chi connectivity index (χ2v) is 5.50. The molecule has 0 spiro atoms. The van der Waals surface area contributed by atoms with Crippen LogP contribution in [0.25, 0.3) is 0 Å². The molecule has 1 atom stereocenters. The van der Waals surface area contributed by atoms with Crippen molar-refractivity contribution < 1.29 is 4.74 Å². The van der Waals surface area contributed by atoms with Crippen LogP contribution in [-0.4, -0.2) is 16.9 Å². The molecule has 1 heterocycles. The summed E-state index contributed by atoms with van der Waals surface area (Å²) in [6, 6.07) is 5.99. The Labute approximate surface area is 130 Å². The van der Waals surface area contributed by atoms with Crippen LogP contribution in [0.1, 0.15) is 28.6 Å². The smallest absolute Gasteiger partial charge is 0.121 e. The lowest BCUT2D eigenvalue weighted by Crippen LogP contribution is -2.30. The van der Waals surface area contributed by atoms with Crippen LogP contribution in [-0.2, 0) is 13.5 Å². The van der Waals surface area contributed by atoms with Gasteiger partial charge in [-0.15, -0.1) is 0 Å². The van der Waals surface area contributed by atoms with E-state index in [4.69, 9.17) is 22.2 Å². The molecule has 0 aliphatic rings. The lowest BCUT2D eigenvalue weighted by molar-refractivity contribution is 0.411. The van der Waals surface area contributed by atoms with Gasteiger partial charge in [0.2, 0.25) is 0 Å². The van der Waals surface area contributed by atoms with E-state index in [0.717, 1.165) is 28.3 Å². The SMILES string of the molecule is COc1ccc(C(Cc2c(Cl)c(C)nn2C)NN)cc1C. The van der Waals surface area contributed by atoms with Crippen molar-refractivity contribution in [3.63, 3.8) is 0 Å². The second kappa shape index (κ2) is 6.47. The summed E-state index contributed by atoms with van der Waals surface area (Å²) in [4.78, 5) is 0. The van der Waals surface area contributed by atoms with Crippen LogP contribution in [0.4, 0.5) is 0 Å². The maximum atomic E-state index is 6.31. The molecule has 1 aromatic carbocycles. The normalized spacial score (nSPS) is 12.5. The van der Waals surface area contributed by atoms with Gasteiger partial charge in [0, 0.05) is 13.5 Å². The molecular weight excluding hydrogens is 288 g/mol. The Kier molecular flexibility index (Phi) is 4.88. The van der Waals surface area contributed by atoms with Crippen molar-refractivity contribution in [1.29, 1.82) is 0 Å². The molecule has 3 N–H and O–H groups in total. The van der Waals surface area contributed by atoms with Crippen molar-refractivity contribution in [2.45, 2.75) is 26.3 Å². The Morgan fingerprint density at radius 3 is 2.62 bits per heavy atom. The van der Waals surface area contributed by atoms with E-state index in [2.05, 4.69) is 16.6 Å². The molecule has 1 unspecified atom stereocenters. The number of aryl methyl sites for hydroxylation is 3. The number of nitrogens with two attached hydrogens (primary N) is 1. The fraction of sp³-hybridized carbons (Fsp3) is 0.400. The van der Waals surface area contributed by atoms with Gasteiger partial charge in [-0.05, 0) is 31.0 Å². The summed E-state index contributed by atoms with van der Waals surface area (Å²) >= 11 is 6.31. The quantitative estimate of drug-likeness (QED) is 0.658. The topological polar surface area (TPSA) is 65.1 Å². The van der Waals surface area contributed by atoms with Crippen LogP contribution in [0.5, 0.6) is 5.75 Å². The average Bonchev–Trinajstić information content (AvgIpc) is 2.70. The Hall–Kier alpha value is -1.56. The molecule has 0 bridgehead atoms. The number of hydrogen-bond acceptors (Lipinski definition) is 4. The Morgan fingerprint density at radius 1 is 1.43 bits per heavy atom. The first-order valence-corrected chi connectivity index (χ1v) is 7.14. The number of nitrogens with one attached hydrogen (secondary N) is 1. The number of halogens is 1. The first kappa shape index (κ1) is 15.8. The van der Waals surface area contributed by atoms with Gasteiger partial charge in [-0.1, -0.05) is 23.7 Å². The van der Waals surface area contributed by atoms with Crippen LogP contribution < -0.4 is 16.0 Å². The number of ether oxygens (including phenoxy) is 1.